The highest BCUT2D eigenvalue weighted by Crippen LogP contribution is 2.35. The van der Waals surface area contributed by atoms with Gasteiger partial charge in [-0.15, -0.1) is 11.3 Å². The molecule has 0 fully saturated rings. The van der Waals surface area contributed by atoms with Gasteiger partial charge >= 0.3 is 29.8 Å². The fourth-order valence-corrected chi connectivity index (χ4v) is 4.13. The van der Waals surface area contributed by atoms with Crippen molar-refractivity contribution in [2.75, 3.05) is 6.61 Å². The Kier molecular flexibility index (Phi) is 9.48. The molecule has 184 valence electrons. The molecule has 0 saturated heterocycles. The number of benzene rings is 1. The van der Waals surface area contributed by atoms with Gasteiger partial charge in [-0.05, 0) is 12.1 Å². The van der Waals surface area contributed by atoms with Crippen molar-refractivity contribution in [2.45, 2.75) is 59.0 Å². The SMILES string of the molecule is CC(=O)OCC(OC(C)=O)C(OC(C)=O)C(OC(C)=O)C(OC(C)=O)c1nc2ccccc2s1. The third kappa shape index (κ3) is 7.80. The van der Waals surface area contributed by atoms with Crippen LogP contribution in [0.15, 0.2) is 24.3 Å². The smallest absolute Gasteiger partial charge is 0.303 e. The summed E-state index contributed by atoms with van der Waals surface area (Å²) in [5.74, 6) is -3.81. The van der Waals surface area contributed by atoms with Crippen molar-refractivity contribution in [3.05, 3.63) is 29.3 Å². The Morgan fingerprint density at radius 1 is 0.765 bits per heavy atom. The zero-order valence-corrected chi connectivity index (χ0v) is 20.1. The summed E-state index contributed by atoms with van der Waals surface area (Å²) < 4.78 is 27.2. The molecule has 4 atom stereocenters. The highest BCUT2D eigenvalue weighted by molar-refractivity contribution is 7.18. The molecule has 0 radical (unpaired) electrons. The number of rotatable bonds is 10. The first-order valence-corrected chi connectivity index (χ1v) is 11.0. The Labute approximate surface area is 199 Å². The molecule has 12 heteroatoms. The van der Waals surface area contributed by atoms with Gasteiger partial charge in [0.1, 0.15) is 11.6 Å². The van der Waals surface area contributed by atoms with Gasteiger partial charge in [0.05, 0.1) is 10.2 Å². The number of thiazole rings is 1. The van der Waals surface area contributed by atoms with Gasteiger partial charge in [-0.1, -0.05) is 12.1 Å². The molecular weight excluding hydrogens is 470 g/mol. The van der Waals surface area contributed by atoms with Gasteiger partial charge in [0.2, 0.25) is 0 Å². The first-order chi connectivity index (χ1) is 16.0. The average molecular weight is 496 g/mol. The minimum absolute atomic E-state index is 0.244. The molecule has 1 aromatic carbocycles. The van der Waals surface area contributed by atoms with Crippen LogP contribution in [0, 0.1) is 0 Å². The predicted molar refractivity (Wildman–Crippen MR) is 117 cm³/mol. The standard InChI is InChI=1S/C22H25NO10S/c1-11(24)29-10-17(30-12(2)25)19(31-13(3)26)20(32-14(4)27)21(33-15(5)28)22-23-16-8-6-7-9-18(16)34-22/h6-9,17,19-21H,10H2,1-5H3. The Morgan fingerprint density at radius 3 is 1.85 bits per heavy atom. The van der Waals surface area contributed by atoms with E-state index in [2.05, 4.69) is 4.98 Å². The summed E-state index contributed by atoms with van der Waals surface area (Å²) in [5.41, 5.74) is 0.599. The van der Waals surface area contributed by atoms with Gasteiger partial charge in [0, 0.05) is 34.6 Å². The highest BCUT2D eigenvalue weighted by Gasteiger charge is 2.45. The molecule has 1 heterocycles. The van der Waals surface area contributed by atoms with E-state index in [1.807, 2.05) is 0 Å². The minimum Gasteiger partial charge on any atom is -0.462 e. The molecule has 11 nitrogen and oxygen atoms in total. The number of fused-ring (bicyclic) bond motifs is 1. The van der Waals surface area contributed by atoms with Crippen LogP contribution in [-0.2, 0) is 47.7 Å². The third-order valence-electron chi connectivity index (χ3n) is 4.21. The molecule has 0 saturated carbocycles. The number of hydrogen-bond donors (Lipinski definition) is 0. The largest absolute Gasteiger partial charge is 0.462 e. The zero-order chi connectivity index (χ0) is 25.4. The topological polar surface area (TPSA) is 144 Å². The minimum atomic E-state index is -1.51. The lowest BCUT2D eigenvalue weighted by Gasteiger charge is -2.34. The van der Waals surface area contributed by atoms with Crippen molar-refractivity contribution >= 4 is 51.4 Å². The Balaban J connectivity index is 2.62. The second-order valence-corrected chi connectivity index (χ2v) is 8.21. The van der Waals surface area contributed by atoms with Crippen LogP contribution < -0.4 is 0 Å². The second kappa shape index (κ2) is 12.1. The highest BCUT2D eigenvalue weighted by atomic mass is 32.1. The van der Waals surface area contributed by atoms with Crippen molar-refractivity contribution in [3.63, 3.8) is 0 Å². The lowest BCUT2D eigenvalue weighted by Crippen LogP contribution is -2.50. The Hall–Kier alpha value is -3.54. The molecule has 0 aliphatic heterocycles. The van der Waals surface area contributed by atoms with Crippen LogP contribution in [0.5, 0.6) is 0 Å². The van der Waals surface area contributed by atoms with Crippen molar-refractivity contribution in [3.8, 4) is 0 Å². The summed E-state index contributed by atoms with van der Waals surface area (Å²) in [6.45, 7) is 5.06. The zero-order valence-electron chi connectivity index (χ0n) is 19.3. The van der Waals surface area contributed by atoms with E-state index in [0.717, 1.165) is 39.3 Å². The normalized spacial score (nSPS) is 14.3. The maximum atomic E-state index is 12.0. The molecule has 0 N–H and O–H groups in total. The van der Waals surface area contributed by atoms with Crippen LogP contribution in [0.1, 0.15) is 45.7 Å². The van der Waals surface area contributed by atoms with E-state index in [1.165, 1.54) is 11.3 Å². The average Bonchev–Trinajstić information content (AvgIpc) is 3.15. The van der Waals surface area contributed by atoms with Gasteiger partial charge in [-0.25, -0.2) is 4.98 Å². The van der Waals surface area contributed by atoms with Gasteiger partial charge in [0.15, 0.2) is 24.4 Å². The van der Waals surface area contributed by atoms with Crippen LogP contribution in [0.25, 0.3) is 10.2 Å². The number of nitrogens with zero attached hydrogens (tertiary/aromatic N) is 1. The van der Waals surface area contributed by atoms with E-state index < -0.39 is 60.9 Å². The van der Waals surface area contributed by atoms with Crippen molar-refractivity contribution in [2.24, 2.45) is 0 Å². The first-order valence-electron chi connectivity index (χ1n) is 10.2. The van der Waals surface area contributed by atoms with Crippen LogP contribution in [0.4, 0.5) is 0 Å². The third-order valence-corrected chi connectivity index (χ3v) is 5.31. The van der Waals surface area contributed by atoms with E-state index in [-0.39, 0.29) is 5.01 Å². The summed E-state index contributed by atoms with van der Waals surface area (Å²) in [7, 11) is 0. The van der Waals surface area contributed by atoms with Gasteiger partial charge in [-0.3, -0.25) is 24.0 Å². The number of para-hydroxylation sites is 1. The van der Waals surface area contributed by atoms with E-state index in [0.29, 0.717) is 5.52 Å². The Morgan fingerprint density at radius 2 is 1.32 bits per heavy atom. The number of carbonyl (C=O) groups is 5. The molecule has 2 aromatic rings. The van der Waals surface area contributed by atoms with Crippen molar-refractivity contribution in [1.29, 1.82) is 0 Å². The van der Waals surface area contributed by atoms with Crippen LogP contribution >= 0.6 is 11.3 Å². The fraction of sp³-hybridized carbons (Fsp3) is 0.455. The molecule has 0 spiro atoms. The lowest BCUT2D eigenvalue weighted by molar-refractivity contribution is -0.203. The second-order valence-electron chi connectivity index (χ2n) is 7.15. The number of aromatic nitrogens is 1. The molecule has 0 aliphatic carbocycles. The summed E-state index contributed by atoms with van der Waals surface area (Å²) in [5, 5.41) is 0.244. The quantitative estimate of drug-likeness (QED) is 0.353. The van der Waals surface area contributed by atoms with Gasteiger partial charge < -0.3 is 23.7 Å². The molecule has 1 aromatic heterocycles. The monoisotopic (exact) mass is 495 g/mol. The lowest BCUT2D eigenvalue weighted by atomic mass is 10.0. The molecule has 0 amide bonds. The van der Waals surface area contributed by atoms with Crippen LogP contribution in [0.2, 0.25) is 0 Å². The molecule has 0 bridgehead atoms. The summed E-state index contributed by atoms with van der Waals surface area (Å²) in [4.78, 5) is 63.6. The van der Waals surface area contributed by atoms with Crippen molar-refractivity contribution in [1.82, 2.24) is 4.98 Å². The molecule has 4 unspecified atom stereocenters. The van der Waals surface area contributed by atoms with Crippen LogP contribution in [-0.4, -0.2) is 59.7 Å². The number of ether oxygens (including phenoxy) is 5. The van der Waals surface area contributed by atoms with E-state index in [1.54, 1.807) is 24.3 Å². The maximum absolute atomic E-state index is 12.0. The summed E-state index contributed by atoms with van der Waals surface area (Å²) >= 11 is 1.17. The molecule has 34 heavy (non-hydrogen) atoms. The predicted octanol–water partition coefficient (Wildman–Crippen LogP) is 2.26. The molecular formula is C22H25NO10S. The molecule has 2 rings (SSSR count). The summed E-state index contributed by atoms with van der Waals surface area (Å²) in [6.07, 6.45) is -5.73. The summed E-state index contributed by atoms with van der Waals surface area (Å²) in [6, 6.07) is 7.11. The van der Waals surface area contributed by atoms with E-state index >= 15 is 0 Å². The fourth-order valence-electron chi connectivity index (χ4n) is 3.10. The van der Waals surface area contributed by atoms with Crippen LogP contribution in [0.3, 0.4) is 0 Å². The Bertz CT molecular complexity index is 1030. The van der Waals surface area contributed by atoms with Gasteiger partial charge in [0.25, 0.3) is 0 Å². The number of carbonyl (C=O) groups excluding carboxylic acids is 5. The van der Waals surface area contributed by atoms with E-state index in [4.69, 9.17) is 23.7 Å². The molecule has 0 aliphatic rings. The number of esters is 5. The maximum Gasteiger partial charge on any atom is 0.303 e. The number of hydrogen-bond acceptors (Lipinski definition) is 12. The van der Waals surface area contributed by atoms with Gasteiger partial charge in [-0.2, -0.15) is 0 Å². The van der Waals surface area contributed by atoms with Crippen molar-refractivity contribution < 1.29 is 47.7 Å². The first kappa shape index (κ1) is 26.7. The van der Waals surface area contributed by atoms with E-state index in [9.17, 15) is 24.0 Å².